The lowest BCUT2D eigenvalue weighted by Crippen LogP contribution is -2.04. The van der Waals surface area contributed by atoms with E-state index in [0.29, 0.717) is 10.9 Å². The molecule has 0 aromatic heterocycles. The largest absolute Gasteiger partial charge is 0.321 e. The molecule has 1 heterocycles. The van der Waals surface area contributed by atoms with Gasteiger partial charge in [0.1, 0.15) is 0 Å². The van der Waals surface area contributed by atoms with Gasteiger partial charge in [0.15, 0.2) is 0 Å². The van der Waals surface area contributed by atoms with Crippen LogP contribution >= 0.6 is 11.6 Å². The number of carbonyl (C=O) groups excluding carboxylic acids is 1. The Kier molecular flexibility index (Phi) is 2.53. The van der Waals surface area contributed by atoms with Gasteiger partial charge in [0.2, 0.25) is 0 Å². The molecule has 0 unspecified atom stereocenters. The Bertz CT molecular complexity index is 449. The van der Waals surface area contributed by atoms with Gasteiger partial charge < -0.3 is 5.32 Å². The van der Waals surface area contributed by atoms with E-state index in [0.717, 1.165) is 16.8 Å². The first-order valence-corrected chi connectivity index (χ1v) is 5.29. The summed E-state index contributed by atoms with van der Waals surface area (Å²) >= 11 is 5.85. The summed E-state index contributed by atoms with van der Waals surface area (Å²) in [6.07, 6.45) is 1.97. The van der Waals surface area contributed by atoms with Gasteiger partial charge in [0, 0.05) is 16.2 Å². The van der Waals surface area contributed by atoms with Gasteiger partial charge in [-0.3, -0.25) is 4.79 Å². The van der Waals surface area contributed by atoms with Crippen LogP contribution in [-0.2, 0) is 4.79 Å². The number of amides is 1. The summed E-state index contributed by atoms with van der Waals surface area (Å²) in [5.41, 5.74) is 2.49. The van der Waals surface area contributed by atoms with Crippen molar-refractivity contribution in [3.63, 3.8) is 0 Å². The number of benzene rings is 1. The molecule has 0 fully saturated rings. The average molecular weight is 222 g/mol. The van der Waals surface area contributed by atoms with Gasteiger partial charge >= 0.3 is 0 Å². The minimum atomic E-state index is -0.0408. The van der Waals surface area contributed by atoms with Crippen LogP contribution in [0.15, 0.2) is 24.3 Å². The summed E-state index contributed by atoms with van der Waals surface area (Å²) in [4.78, 5) is 11.7. The molecule has 1 aliphatic heterocycles. The fraction of sp³-hybridized carbons (Fsp3) is 0.250. The highest BCUT2D eigenvalue weighted by molar-refractivity contribution is 6.34. The molecule has 0 radical (unpaired) electrons. The second-order valence-corrected chi connectivity index (χ2v) is 4.40. The maximum Gasteiger partial charge on any atom is 0.256 e. The third kappa shape index (κ3) is 1.90. The number of carbonyl (C=O) groups is 1. The molecule has 1 aromatic rings. The van der Waals surface area contributed by atoms with Gasteiger partial charge in [-0.05, 0) is 18.1 Å². The molecular formula is C12H12ClNO. The molecule has 0 atom stereocenters. The number of nitrogens with one attached hydrogen (secondary N) is 1. The highest BCUT2D eigenvalue weighted by Gasteiger charge is 2.23. The molecule has 1 aromatic carbocycles. The van der Waals surface area contributed by atoms with Crippen molar-refractivity contribution in [1.29, 1.82) is 0 Å². The summed E-state index contributed by atoms with van der Waals surface area (Å²) < 4.78 is 0. The summed E-state index contributed by atoms with van der Waals surface area (Å²) in [5.74, 6) is 0.313. The van der Waals surface area contributed by atoms with E-state index in [1.54, 1.807) is 12.1 Å². The second-order valence-electron chi connectivity index (χ2n) is 3.97. The Morgan fingerprint density at radius 2 is 2.13 bits per heavy atom. The van der Waals surface area contributed by atoms with Crippen LogP contribution in [0.25, 0.3) is 5.57 Å². The molecule has 0 spiro atoms. The van der Waals surface area contributed by atoms with Gasteiger partial charge in [0.05, 0.1) is 5.69 Å². The van der Waals surface area contributed by atoms with Crippen molar-refractivity contribution in [1.82, 2.24) is 0 Å². The van der Waals surface area contributed by atoms with E-state index in [2.05, 4.69) is 5.32 Å². The zero-order valence-corrected chi connectivity index (χ0v) is 9.43. The molecular weight excluding hydrogens is 210 g/mol. The molecule has 2 rings (SSSR count). The number of halogens is 1. The lowest BCUT2D eigenvalue weighted by Gasteiger charge is -2.00. The Labute approximate surface area is 93.9 Å². The van der Waals surface area contributed by atoms with Crippen molar-refractivity contribution in [2.75, 3.05) is 5.32 Å². The number of allylic oxidation sites excluding steroid dienone is 1. The number of hydrogen-bond acceptors (Lipinski definition) is 1. The normalized spacial score (nSPS) is 17.1. The minimum Gasteiger partial charge on any atom is -0.321 e. The molecule has 3 heteroatoms. The lowest BCUT2D eigenvalue weighted by molar-refractivity contribution is -0.110. The van der Waals surface area contributed by atoms with E-state index >= 15 is 0 Å². The third-order valence-corrected chi connectivity index (χ3v) is 2.50. The van der Waals surface area contributed by atoms with Crippen molar-refractivity contribution in [2.24, 2.45) is 5.92 Å². The van der Waals surface area contributed by atoms with E-state index < -0.39 is 0 Å². The number of fused-ring (bicyclic) bond motifs is 1. The Morgan fingerprint density at radius 3 is 2.80 bits per heavy atom. The fourth-order valence-electron chi connectivity index (χ4n) is 1.67. The molecule has 1 aliphatic rings. The monoisotopic (exact) mass is 221 g/mol. The molecule has 2 nitrogen and oxygen atoms in total. The quantitative estimate of drug-likeness (QED) is 0.725. The SMILES string of the molecule is CC(C)/C=C1\C(=O)Nc2cc(Cl)ccc21. The van der Waals surface area contributed by atoms with Crippen molar-refractivity contribution in [2.45, 2.75) is 13.8 Å². The summed E-state index contributed by atoms with van der Waals surface area (Å²) in [6.45, 7) is 4.10. The van der Waals surface area contributed by atoms with Crippen LogP contribution in [0.3, 0.4) is 0 Å². The van der Waals surface area contributed by atoms with Gasteiger partial charge in [-0.2, -0.15) is 0 Å². The van der Waals surface area contributed by atoms with E-state index in [-0.39, 0.29) is 5.91 Å². The third-order valence-electron chi connectivity index (χ3n) is 2.26. The fourth-order valence-corrected chi connectivity index (χ4v) is 1.84. The molecule has 1 amide bonds. The average Bonchev–Trinajstić information content (AvgIpc) is 2.41. The van der Waals surface area contributed by atoms with Gasteiger partial charge in [0.25, 0.3) is 5.91 Å². The van der Waals surface area contributed by atoms with Crippen molar-refractivity contribution < 1.29 is 4.79 Å². The first-order chi connectivity index (χ1) is 7.08. The molecule has 0 bridgehead atoms. The number of hydrogen-bond donors (Lipinski definition) is 1. The first kappa shape index (κ1) is 10.2. The second kappa shape index (κ2) is 3.70. The molecule has 0 saturated heterocycles. The highest BCUT2D eigenvalue weighted by atomic mass is 35.5. The number of anilines is 1. The van der Waals surface area contributed by atoms with E-state index in [1.165, 1.54) is 0 Å². The van der Waals surface area contributed by atoms with Crippen molar-refractivity contribution in [3.8, 4) is 0 Å². The summed E-state index contributed by atoms with van der Waals surface area (Å²) in [5, 5.41) is 3.44. The van der Waals surface area contributed by atoms with Crippen LogP contribution < -0.4 is 5.32 Å². The Morgan fingerprint density at radius 1 is 1.40 bits per heavy atom. The van der Waals surface area contributed by atoms with Crippen molar-refractivity contribution in [3.05, 3.63) is 34.9 Å². The summed E-state index contributed by atoms with van der Waals surface area (Å²) in [6, 6.07) is 5.45. The zero-order valence-electron chi connectivity index (χ0n) is 8.67. The van der Waals surface area contributed by atoms with Crippen LogP contribution in [-0.4, -0.2) is 5.91 Å². The molecule has 1 N–H and O–H groups in total. The topological polar surface area (TPSA) is 29.1 Å². The highest BCUT2D eigenvalue weighted by Crippen LogP contribution is 2.34. The van der Waals surface area contributed by atoms with Gasteiger partial charge in [-0.1, -0.05) is 37.6 Å². The summed E-state index contributed by atoms with van der Waals surface area (Å²) in [7, 11) is 0. The predicted octanol–water partition coefficient (Wildman–Crippen LogP) is 3.33. The lowest BCUT2D eigenvalue weighted by atomic mass is 10.0. The zero-order chi connectivity index (χ0) is 11.0. The molecule has 0 saturated carbocycles. The predicted molar refractivity (Wildman–Crippen MR) is 62.9 cm³/mol. The molecule has 15 heavy (non-hydrogen) atoms. The molecule has 0 aliphatic carbocycles. The van der Waals surface area contributed by atoms with E-state index in [9.17, 15) is 4.79 Å². The van der Waals surface area contributed by atoms with E-state index in [4.69, 9.17) is 11.6 Å². The van der Waals surface area contributed by atoms with Crippen molar-refractivity contribution >= 4 is 28.8 Å². The first-order valence-electron chi connectivity index (χ1n) is 4.91. The van der Waals surface area contributed by atoms with Gasteiger partial charge in [-0.25, -0.2) is 0 Å². The maximum absolute atomic E-state index is 11.7. The standard InChI is InChI=1S/C12H12ClNO/c1-7(2)5-10-9-4-3-8(13)6-11(9)14-12(10)15/h3-7H,1-2H3,(H,14,15)/b10-5-. The molecule has 78 valence electrons. The maximum atomic E-state index is 11.7. The van der Waals surface area contributed by atoms with E-state index in [1.807, 2.05) is 26.0 Å². The minimum absolute atomic E-state index is 0.0408. The van der Waals surface area contributed by atoms with Crippen LogP contribution in [0.2, 0.25) is 5.02 Å². The smallest absolute Gasteiger partial charge is 0.256 e. The van der Waals surface area contributed by atoms with Crippen LogP contribution in [0.1, 0.15) is 19.4 Å². The Balaban J connectivity index is 2.51. The van der Waals surface area contributed by atoms with Gasteiger partial charge in [-0.15, -0.1) is 0 Å². The number of rotatable bonds is 1. The Hall–Kier alpha value is -1.28. The van der Waals surface area contributed by atoms with Crippen LogP contribution in [0, 0.1) is 5.92 Å². The van der Waals surface area contributed by atoms with Crippen LogP contribution in [0.5, 0.6) is 0 Å². The van der Waals surface area contributed by atoms with Crippen LogP contribution in [0.4, 0.5) is 5.69 Å².